The molecule has 2 heterocycles. The Hall–Kier alpha value is -1.98. The molecular weight excluding hydrogens is 309 g/mol. The quantitative estimate of drug-likeness (QED) is 0.763. The van der Waals surface area contributed by atoms with Crippen molar-refractivity contribution in [1.82, 2.24) is 9.97 Å². The number of benzene rings is 1. The van der Waals surface area contributed by atoms with E-state index in [0.717, 1.165) is 16.4 Å². The SMILES string of the molecule is Fc1cc(Cl)cc(NCc2csc(-c3ccccn3)n2)c1. The van der Waals surface area contributed by atoms with Crippen molar-refractivity contribution >= 4 is 28.6 Å². The van der Waals surface area contributed by atoms with Gasteiger partial charge < -0.3 is 5.32 Å². The lowest BCUT2D eigenvalue weighted by Gasteiger charge is -2.05. The molecule has 0 aliphatic rings. The maximum atomic E-state index is 13.2. The van der Waals surface area contributed by atoms with Crippen molar-refractivity contribution in [2.24, 2.45) is 0 Å². The highest BCUT2D eigenvalue weighted by atomic mass is 35.5. The van der Waals surface area contributed by atoms with Gasteiger partial charge in [-0.05, 0) is 30.3 Å². The van der Waals surface area contributed by atoms with E-state index in [1.165, 1.54) is 23.5 Å². The summed E-state index contributed by atoms with van der Waals surface area (Å²) in [7, 11) is 0. The van der Waals surface area contributed by atoms with Gasteiger partial charge in [0.25, 0.3) is 0 Å². The summed E-state index contributed by atoms with van der Waals surface area (Å²) < 4.78 is 13.2. The summed E-state index contributed by atoms with van der Waals surface area (Å²) in [6.45, 7) is 0.503. The minimum absolute atomic E-state index is 0.363. The monoisotopic (exact) mass is 319 g/mol. The molecular formula is C15H11ClFN3S. The van der Waals surface area contributed by atoms with Gasteiger partial charge in [0.15, 0.2) is 0 Å². The molecule has 0 aliphatic carbocycles. The molecule has 3 aromatic rings. The summed E-state index contributed by atoms with van der Waals surface area (Å²) in [5.74, 6) is -0.363. The Morgan fingerprint density at radius 3 is 2.90 bits per heavy atom. The topological polar surface area (TPSA) is 37.8 Å². The smallest absolute Gasteiger partial charge is 0.142 e. The summed E-state index contributed by atoms with van der Waals surface area (Å²) in [6.07, 6.45) is 1.74. The van der Waals surface area contributed by atoms with Crippen molar-refractivity contribution in [2.75, 3.05) is 5.32 Å². The van der Waals surface area contributed by atoms with Crippen molar-refractivity contribution in [1.29, 1.82) is 0 Å². The molecule has 2 aromatic heterocycles. The number of halogens is 2. The maximum absolute atomic E-state index is 13.2. The van der Waals surface area contributed by atoms with Gasteiger partial charge in [-0.2, -0.15) is 0 Å². The van der Waals surface area contributed by atoms with Crippen LogP contribution in [0, 0.1) is 5.82 Å². The zero-order valence-electron chi connectivity index (χ0n) is 10.9. The van der Waals surface area contributed by atoms with E-state index in [-0.39, 0.29) is 5.82 Å². The molecule has 3 nitrogen and oxygen atoms in total. The van der Waals surface area contributed by atoms with Gasteiger partial charge in [0.1, 0.15) is 10.8 Å². The molecule has 0 radical (unpaired) electrons. The molecule has 0 unspecified atom stereocenters. The number of rotatable bonds is 4. The lowest BCUT2D eigenvalue weighted by molar-refractivity contribution is 0.628. The Kier molecular flexibility index (Phi) is 4.13. The lowest BCUT2D eigenvalue weighted by Crippen LogP contribution is -2.00. The molecule has 0 atom stereocenters. The Balaban J connectivity index is 1.70. The van der Waals surface area contributed by atoms with Crippen LogP contribution in [0.2, 0.25) is 5.02 Å². The largest absolute Gasteiger partial charge is 0.379 e. The number of pyridine rings is 1. The van der Waals surface area contributed by atoms with Gasteiger partial charge in [0, 0.05) is 22.3 Å². The first-order valence-electron chi connectivity index (χ1n) is 6.26. The van der Waals surface area contributed by atoms with Crippen LogP contribution >= 0.6 is 22.9 Å². The zero-order valence-corrected chi connectivity index (χ0v) is 12.5. The van der Waals surface area contributed by atoms with E-state index in [1.54, 1.807) is 12.3 Å². The molecule has 21 heavy (non-hydrogen) atoms. The lowest BCUT2D eigenvalue weighted by atomic mass is 10.3. The van der Waals surface area contributed by atoms with Crippen LogP contribution in [0.1, 0.15) is 5.69 Å². The van der Waals surface area contributed by atoms with Gasteiger partial charge >= 0.3 is 0 Å². The number of anilines is 1. The van der Waals surface area contributed by atoms with E-state index in [9.17, 15) is 4.39 Å². The third-order valence-corrected chi connectivity index (χ3v) is 3.90. The van der Waals surface area contributed by atoms with Crippen molar-refractivity contribution < 1.29 is 4.39 Å². The van der Waals surface area contributed by atoms with Gasteiger partial charge in [-0.1, -0.05) is 17.7 Å². The van der Waals surface area contributed by atoms with E-state index >= 15 is 0 Å². The Labute approximate surface area is 130 Å². The predicted molar refractivity (Wildman–Crippen MR) is 84.1 cm³/mol. The van der Waals surface area contributed by atoms with Crippen LogP contribution in [-0.2, 0) is 6.54 Å². The number of nitrogens with one attached hydrogen (secondary N) is 1. The van der Waals surface area contributed by atoms with E-state index in [0.29, 0.717) is 17.3 Å². The van der Waals surface area contributed by atoms with Crippen LogP contribution < -0.4 is 5.32 Å². The average molecular weight is 320 g/mol. The second kappa shape index (κ2) is 6.20. The van der Waals surface area contributed by atoms with Gasteiger partial charge in [-0.15, -0.1) is 11.3 Å². The Morgan fingerprint density at radius 2 is 2.14 bits per heavy atom. The summed E-state index contributed by atoms with van der Waals surface area (Å²) in [6, 6.07) is 10.1. The first kappa shape index (κ1) is 14.0. The normalized spacial score (nSPS) is 10.6. The highest BCUT2D eigenvalue weighted by Gasteiger charge is 2.06. The summed E-state index contributed by atoms with van der Waals surface area (Å²) in [4.78, 5) is 8.77. The third-order valence-electron chi connectivity index (χ3n) is 2.77. The number of hydrogen-bond acceptors (Lipinski definition) is 4. The highest BCUT2D eigenvalue weighted by Crippen LogP contribution is 2.23. The minimum atomic E-state index is -0.363. The second-order valence-corrected chi connectivity index (χ2v) is 5.67. The fourth-order valence-corrected chi connectivity index (χ4v) is 2.86. The summed E-state index contributed by atoms with van der Waals surface area (Å²) in [5.41, 5.74) is 2.36. The fourth-order valence-electron chi connectivity index (χ4n) is 1.84. The van der Waals surface area contributed by atoms with Crippen molar-refractivity contribution in [3.63, 3.8) is 0 Å². The minimum Gasteiger partial charge on any atom is -0.379 e. The summed E-state index contributed by atoms with van der Waals surface area (Å²) in [5, 5.41) is 6.29. The van der Waals surface area contributed by atoms with Crippen LogP contribution in [0.3, 0.4) is 0 Å². The van der Waals surface area contributed by atoms with Gasteiger partial charge in [0.2, 0.25) is 0 Å². The van der Waals surface area contributed by atoms with E-state index in [1.807, 2.05) is 23.6 Å². The highest BCUT2D eigenvalue weighted by molar-refractivity contribution is 7.13. The van der Waals surface area contributed by atoms with Crippen LogP contribution in [-0.4, -0.2) is 9.97 Å². The van der Waals surface area contributed by atoms with Crippen molar-refractivity contribution in [3.05, 3.63) is 64.5 Å². The first-order chi connectivity index (χ1) is 10.2. The summed E-state index contributed by atoms with van der Waals surface area (Å²) >= 11 is 7.34. The van der Waals surface area contributed by atoms with Crippen LogP contribution in [0.4, 0.5) is 10.1 Å². The Morgan fingerprint density at radius 1 is 1.24 bits per heavy atom. The molecule has 0 spiro atoms. The molecule has 0 amide bonds. The molecule has 0 fully saturated rings. The van der Waals surface area contributed by atoms with Crippen LogP contribution in [0.5, 0.6) is 0 Å². The number of nitrogens with zero attached hydrogens (tertiary/aromatic N) is 2. The molecule has 0 saturated heterocycles. The zero-order chi connectivity index (χ0) is 14.7. The Bertz CT molecular complexity index is 725. The van der Waals surface area contributed by atoms with E-state index < -0.39 is 0 Å². The van der Waals surface area contributed by atoms with Gasteiger partial charge in [0.05, 0.1) is 17.9 Å². The molecule has 106 valence electrons. The van der Waals surface area contributed by atoms with E-state index in [4.69, 9.17) is 11.6 Å². The van der Waals surface area contributed by atoms with Crippen molar-refractivity contribution in [3.8, 4) is 10.7 Å². The second-order valence-electron chi connectivity index (χ2n) is 4.37. The molecule has 6 heteroatoms. The number of aromatic nitrogens is 2. The van der Waals surface area contributed by atoms with Crippen molar-refractivity contribution in [2.45, 2.75) is 6.54 Å². The molecule has 0 aliphatic heterocycles. The molecule has 0 saturated carbocycles. The fraction of sp³-hybridized carbons (Fsp3) is 0.0667. The van der Waals surface area contributed by atoms with E-state index in [2.05, 4.69) is 15.3 Å². The van der Waals surface area contributed by atoms with Gasteiger partial charge in [-0.25, -0.2) is 9.37 Å². The van der Waals surface area contributed by atoms with Crippen LogP contribution in [0.25, 0.3) is 10.7 Å². The third kappa shape index (κ3) is 3.56. The number of thiazole rings is 1. The number of hydrogen-bond donors (Lipinski definition) is 1. The van der Waals surface area contributed by atoms with Crippen LogP contribution in [0.15, 0.2) is 48.0 Å². The average Bonchev–Trinajstić information content (AvgIpc) is 2.94. The molecule has 0 bridgehead atoms. The van der Waals surface area contributed by atoms with Gasteiger partial charge in [-0.3, -0.25) is 4.98 Å². The predicted octanol–water partition coefficient (Wildman–Crippen LogP) is 4.61. The maximum Gasteiger partial charge on any atom is 0.142 e. The molecule has 1 N–H and O–H groups in total. The standard InChI is InChI=1S/C15H11ClFN3S/c16-10-5-11(17)7-12(6-10)19-8-13-9-21-15(20-13)14-3-1-2-4-18-14/h1-7,9,19H,8H2. The molecule has 3 rings (SSSR count). The molecule has 1 aromatic carbocycles. The first-order valence-corrected chi connectivity index (χ1v) is 7.52.